The van der Waals surface area contributed by atoms with Crippen molar-refractivity contribution in [1.82, 2.24) is 5.32 Å². The summed E-state index contributed by atoms with van der Waals surface area (Å²) >= 11 is 0. The van der Waals surface area contributed by atoms with Gasteiger partial charge in [-0.3, -0.25) is 0 Å². The first-order chi connectivity index (χ1) is 8.71. The lowest BCUT2D eigenvalue weighted by molar-refractivity contribution is -0.00532. The van der Waals surface area contributed by atoms with Crippen LogP contribution in [-0.4, -0.2) is 23.4 Å². The number of ether oxygens (including phenoxy) is 1. The number of aliphatic hydroxyl groups is 1. The molecule has 0 aliphatic heterocycles. The lowest BCUT2D eigenvalue weighted by Crippen LogP contribution is -2.55. The fourth-order valence-corrected chi connectivity index (χ4v) is 1.49. The zero-order chi connectivity index (χ0) is 14.7. The highest BCUT2D eigenvalue weighted by molar-refractivity contribution is 5.45. The predicted octanol–water partition coefficient (Wildman–Crippen LogP) is 2.21. The monoisotopic (exact) mass is 262 g/mol. The second-order valence-corrected chi connectivity index (χ2v) is 5.68. The highest BCUT2D eigenvalue weighted by atomic mass is 16.5. The van der Waals surface area contributed by atoms with Crippen LogP contribution in [0.2, 0.25) is 0 Å². The van der Waals surface area contributed by atoms with E-state index in [9.17, 15) is 5.11 Å². The average Bonchev–Trinajstić information content (AvgIpc) is 2.34. The van der Waals surface area contributed by atoms with Crippen LogP contribution in [0.4, 0.5) is 0 Å². The minimum atomic E-state index is -0.836. The largest absolute Gasteiger partial charge is 0.495 e. The minimum absolute atomic E-state index is 0.431. The first-order valence-electron chi connectivity index (χ1n) is 6.25. The zero-order valence-corrected chi connectivity index (χ0v) is 12.2. The summed E-state index contributed by atoms with van der Waals surface area (Å²) in [5, 5.41) is 22.4. The van der Waals surface area contributed by atoms with E-state index in [1.54, 1.807) is 33.1 Å². The van der Waals surface area contributed by atoms with Crippen molar-refractivity contribution in [2.45, 2.75) is 45.4 Å². The van der Waals surface area contributed by atoms with Crippen LogP contribution >= 0.6 is 0 Å². The van der Waals surface area contributed by atoms with E-state index >= 15 is 0 Å². The van der Waals surface area contributed by atoms with Crippen LogP contribution in [0.5, 0.6) is 5.75 Å². The van der Waals surface area contributed by atoms with Gasteiger partial charge in [0.05, 0.1) is 18.3 Å². The summed E-state index contributed by atoms with van der Waals surface area (Å²) in [4.78, 5) is 0. The number of hydrogen-bond donors (Lipinski definition) is 2. The van der Waals surface area contributed by atoms with E-state index in [2.05, 4.69) is 11.4 Å². The molecule has 0 unspecified atom stereocenters. The molecule has 0 radical (unpaired) electrons. The van der Waals surface area contributed by atoms with Crippen LogP contribution in [0.3, 0.4) is 0 Å². The lowest BCUT2D eigenvalue weighted by atomic mass is 9.86. The van der Waals surface area contributed by atoms with Crippen molar-refractivity contribution >= 4 is 0 Å². The van der Waals surface area contributed by atoms with Crippen LogP contribution in [0.15, 0.2) is 18.2 Å². The van der Waals surface area contributed by atoms with Crippen molar-refractivity contribution in [3.63, 3.8) is 0 Å². The molecule has 0 aliphatic rings. The Bertz CT molecular complexity index is 482. The van der Waals surface area contributed by atoms with Gasteiger partial charge in [-0.15, -0.1) is 0 Å². The summed E-state index contributed by atoms with van der Waals surface area (Å²) in [6, 6.07) is 7.60. The van der Waals surface area contributed by atoms with Crippen molar-refractivity contribution in [1.29, 1.82) is 5.26 Å². The molecule has 104 valence electrons. The van der Waals surface area contributed by atoms with E-state index in [1.807, 2.05) is 19.9 Å². The van der Waals surface area contributed by atoms with Gasteiger partial charge in [-0.1, -0.05) is 6.07 Å². The van der Waals surface area contributed by atoms with Crippen molar-refractivity contribution in [3.05, 3.63) is 29.3 Å². The van der Waals surface area contributed by atoms with Gasteiger partial charge in [0, 0.05) is 12.1 Å². The van der Waals surface area contributed by atoms with E-state index in [4.69, 9.17) is 10.00 Å². The third kappa shape index (κ3) is 3.69. The Labute approximate surface area is 115 Å². The van der Waals surface area contributed by atoms with Gasteiger partial charge in [-0.05, 0) is 45.4 Å². The molecule has 0 bridgehead atoms. The average molecular weight is 262 g/mol. The SMILES string of the molecule is COc1ccc(CNC(C)(C)C(C)(C)O)cc1C#N. The summed E-state index contributed by atoms with van der Waals surface area (Å²) in [7, 11) is 1.55. The summed E-state index contributed by atoms with van der Waals surface area (Å²) in [6.45, 7) is 8.02. The van der Waals surface area contributed by atoms with Crippen LogP contribution in [0, 0.1) is 11.3 Å². The van der Waals surface area contributed by atoms with Crippen LogP contribution < -0.4 is 10.1 Å². The van der Waals surface area contributed by atoms with Crippen LogP contribution in [0.1, 0.15) is 38.8 Å². The topological polar surface area (TPSA) is 65.3 Å². The Morgan fingerprint density at radius 2 is 1.95 bits per heavy atom. The molecule has 0 spiro atoms. The number of nitriles is 1. The molecule has 4 nitrogen and oxygen atoms in total. The summed E-state index contributed by atoms with van der Waals surface area (Å²) in [5.41, 5.74) is 0.231. The zero-order valence-electron chi connectivity index (χ0n) is 12.2. The van der Waals surface area contributed by atoms with E-state index in [0.29, 0.717) is 17.9 Å². The molecular formula is C15H22N2O2. The molecule has 0 heterocycles. The summed E-state index contributed by atoms with van der Waals surface area (Å²) in [5.74, 6) is 0.577. The highest BCUT2D eigenvalue weighted by Crippen LogP contribution is 2.22. The second kappa shape index (κ2) is 5.60. The molecule has 1 aromatic rings. The second-order valence-electron chi connectivity index (χ2n) is 5.68. The van der Waals surface area contributed by atoms with Gasteiger partial charge >= 0.3 is 0 Å². The predicted molar refractivity (Wildman–Crippen MR) is 74.9 cm³/mol. The highest BCUT2D eigenvalue weighted by Gasteiger charge is 2.34. The van der Waals surface area contributed by atoms with Crippen molar-refractivity contribution < 1.29 is 9.84 Å². The molecule has 0 amide bonds. The molecule has 1 aromatic carbocycles. The minimum Gasteiger partial charge on any atom is -0.495 e. The molecule has 0 aliphatic carbocycles. The first-order valence-corrected chi connectivity index (χ1v) is 6.25. The maximum Gasteiger partial charge on any atom is 0.136 e. The van der Waals surface area contributed by atoms with E-state index in [0.717, 1.165) is 5.56 Å². The molecule has 19 heavy (non-hydrogen) atoms. The number of benzene rings is 1. The maximum absolute atomic E-state index is 10.1. The molecule has 2 N–H and O–H groups in total. The molecular weight excluding hydrogens is 240 g/mol. The van der Waals surface area contributed by atoms with Crippen LogP contribution in [0.25, 0.3) is 0 Å². The molecule has 0 aromatic heterocycles. The molecule has 0 saturated heterocycles. The standard InChI is InChI=1S/C15H22N2O2/c1-14(2,15(3,4)18)17-10-11-6-7-13(19-5)12(8-11)9-16/h6-8,17-18H,10H2,1-5H3. The Hall–Kier alpha value is -1.57. The third-order valence-electron chi connectivity index (χ3n) is 3.65. The van der Waals surface area contributed by atoms with Gasteiger partial charge in [0.1, 0.15) is 11.8 Å². The number of nitrogens with one attached hydrogen (secondary N) is 1. The van der Waals surface area contributed by atoms with Crippen molar-refractivity contribution in [2.75, 3.05) is 7.11 Å². The number of hydrogen-bond acceptors (Lipinski definition) is 4. The summed E-state index contributed by atoms with van der Waals surface area (Å²) in [6.07, 6.45) is 0. The Morgan fingerprint density at radius 1 is 1.32 bits per heavy atom. The fraction of sp³-hybridized carbons (Fsp3) is 0.533. The number of nitrogens with zero attached hydrogens (tertiary/aromatic N) is 1. The van der Waals surface area contributed by atoms with Gasteiger partial charge in [0.15, 0.2) is 0 Å². The Morgan fingerprint density at radius 3 is 2.42 bits per heavy atom. The van der Waals surface area contributed by atoms with Gasteiger partial charge in [0.25, 0.3) is 0 Å². The van der Waals surface area contributed by atoms with Gasteiger partial charge in [-0.2, -0.15) is 5.26 Å². The first kappa shape index (κ1) is 15.5. The molecule has 0 fully saturated rings. The number of methoxy groups -OCH3 is 1. The molecule has 4 heteroatoms. The van der Waals surface area contributed by atoms with Gasteiger partial charge in [0.2, 0.25) is 0 Å². The van der Waals surface area contributed by atoms with Crippen molar-refractivity contribution in [2.24, 2.45) is 0 Å². The van der Waals surface area contributed by atoms with Crippen molar-refractivity contribution in [3.8, 4) is 11.8 Å². The quantitative estimate of drug-likeness (QED) is 0.854. The van der Waals surface area contributed by atoms with E-state index in [-0.39, 0.29) is 0 Å². The molecule has 0 atom stereocenters. The van der Waals surface area contributed by atoms with E-state index < -0.39 is 11.1 Å². The lowest BCUT2D eigenvalue weighted by Gasteiger charge is -2.38. The Balaban J connectivity index is 2.83. The molecule has 0 saturated carbocycles. The van der Waals surface area contributed by atoms with Gasteiger partial charge < -0.3 is 15.2 Å². The smallest absolute Gasteiger partial charge is 0.136 e. The van der Waals surface area contributed by atoms with Crippen LogP contribution in [-0.2, 0) is 6.54 Å². The van der Waals surface area contributed by atoms with E-state index in [1.165, 1.54) is 0 Å². The fourth-order valence-electron chi connectivity index (χ4n) is 1.49. The normalized spacial score (nSPS) is 12.1. The summed E-state index contributed by atoms with van der Waals surface area (Å²) < 4.78 is 5.11. The van der Waals surface area contributed by atoms with Gasteiger partial charge in [-0.25, -0.2) is 0 Å². The maximum atomic E-state index is 10.1. The Kier molecular flexibility index (Phi) is 4.56. The third-order valence-corrected chi connectivity index (χ3v) is 3.65. The number of rotatable bonds is 5. The molecule has 1 rings (SSSR count).